The maximum Gasteiger partial charge on any atom is 0.0879 e. The van der Waals surface area contributed by atoms with E-state index in [-0.39, 0.29) is 5.60 Å². The molecule has 0 aromatic heterocycles. The third kappa shape index (κ3) is 4.04. The van der Waals surface area contributed by atoms with Crippen LogP contribution in [-0.2, 0) is 11.3 Å². The fourth-order valence-electron chi connectivity index (χ4n) is 2.18. The minimum Gasteiger partial charge on any atom is -0.366 e. The molecule has 1 atom stereocenters. The molecule has 1 nitrogen and oxygen atoms in total. The van der Waals surface area contributed by atoms with Crippen molar-refractivity contribution in [1.82, 2.24) is 0 Å². The van der Waals surface area contributed by atoms with Gasteiger partial charge in [-0.2, -0.15) is 0 Å². The molecule has 1 aromatic carbocycles. The molecule has 0 aliphatic heterocycles. The Morgan fingerprint density at radius 3 is 2.53 bits per heavy atom. The molecular weight excluding hydrogens is 368 g/mol. The van der Waals surface area contributed by atoms with Crippen LogP contribution in [0.3, 0.4) is 0 Å². The molecule has 19 heavy (non-hydrogen) atoms. The van der Waals surface area contributed by atoms with Gasteiger partial charge in [0, 0.05) is 17.1 Å². The van der Waals surface area contributed by atoms with Crippen molar-refractivity contribution in [2.75, 3.05) is 10.7 Å². The smallest absolute Gasteiger partial charge is 0.0879 e. The summed E-state index contributed by atoms with van der Waals surface area (Å²) in [4.78, 5) is 0. The Morgan fingerprint density at radius 2 is 1.89 bits per heavy atom. The van der Waals surface area contributed by atoms with Crippen molar-refractivity contribution < 1.29 is 4.74 Å². The van der Waals surface area contributed by atoms with E-state index in [1.165, 1.54) is 16.7 Å². The van der Waals surface area contributed by atoms with Crippen molar-refractivity contribution in [3.05, 3.63) is 59.2 Å². The van der Waals surface area contributed by atoms with Crippen molar-refractivity contribution in [1.29, 1.82) is 0 Å². The summed E-state index contributed by atoms with van der Waals surface area (Å²) in [6.45, 7) is 2.81. The van der Waals surface area contributed by atoms with Gasteiger partial charge < -0.3 is 4.74 Å². The molecule has 3 heteroatoms. The molecule has 0 N–H and O–H groups in total. The molecule has 0 fully saturated rings. The first-order valence-corrected chi connectivity index (χ1v) is 8.61. The van der Waals surface area contributed by atoms with Crippen LogP contribution in [0, 0.1) is 0 Å². The van der Waals surface area contributed by atoms with Gasteiger partial charge in [0.15, 0.2) is 0 Å². The highest BCUT2D eigenvalue weighted by Gasteiger charge is 2.27. The van der Waals surface area contributed by atoms with Gasteiger partial charge in [-0.05, 0) is 18.1 Å². The van der Waals surface area contributed by atoms with E-state index in [1.54, 1.807) is 0 Å². The molecule has 1 aliphatic carbocycles. The van der Waals surface area contributed by atoms with E-state index in [9.17, 15) is 0 Å². The first-order valence-electron chi connectivity index (χ1n) is 6.37. The maximum atomic E-state index is 6.12. The average Bonchev–Trinajstić information content (AvgIpc) is 2.46. The molecule has 0 saturated heterocycles. The average molecular weight is 386 g/mol. The summed E-state index contributed by atoms with van der Waals surface area (Å²) in [6.07, 6.45) is 5.31. The van der Waals surface area contributed by atoms with Gasteiger partial charge in [0.1, 0.15) is 0 Å². The lowest BCUT2D eigenvalue weighted by atomic mass is 9.88. The Hall–Kier alpha value is -0.380. The monoisotopic (exact) mass is 384 g/mol. The van der Waals surface area contributed by atoms with Gasteiger partial charge in [-0.25, -0.2) is 0 Å². The van der Waals surface area contributed by atoms with E-state index < -0.39 is 0 Å². The summed E-state index contributed by atoms with van der Waals surface area (Å²) >= 11 is 7.11. The van der Waals surface area contributed by atoms with Gasteiger partial charge in [-0.15, -0.1) is 0 Å². The van der Waals surface area contributed by atoms with Crippen LogP contribution in [0.1, 0.15) is 18.9 Å². The van der Waals surface area contributed by atoms with Crippen LogP contribution in [0.4, 0.5) is 0 Å². The van der Waals surface area contributed by atoms with Crippen LogP contribution >= 0.6 is 31.9 Å². The standard InChI is InChI=1S/C16H18Br2O/c1-16(19-12-13-5-3-2-4-6-13)8-7-14(10-17)15(9-16)11-18/h2-8H,9-12H2,1H3. The van der Waals surface area contributed by atoms with Crippen molar-refractivity contribution in [2.24, 2.45) is 0 Å². The van der Waals surface area contributed by atoms with Gasteiger partial charge in [0.05, 0.1) is 12.2 Å². The zero-order valence-electron chi connectivity index (χ0n) is 11.0. The van der Waals surface area contributed by atoms with Gasteiger partial charge >= 0.3 is 0 Å². The van der Waals surface area contributed by atoms with E-state index in [2.05, 4.69) is 63.1 Å². The molecule has 0 heterocycles. The summed E-state index contributed by atoms with van der Waals surface area (Å²) < 4.78 is 6.12. The Bertz CT molecular complexity index is 479. The Morgan fingerprint density at radius 1 is 1.16 bits per heavy atom. The van der Waals surface area contributed by atoms with E-state index in [0.29, 0.717) is 6.61 Å². The van der Waals surface area contributed by atoms with Crippen LogP contribution in [0.25, 0.3) is 0 Å². The van der Waals surface area contributed by atoms with Crippen molar-refractivity contribution in [3.63, 3.8) is 0 Å². The lowest BCUT2D eigenvalue weighted by molar-refractivity contribution is -0.00729. The molecule has 1 unspecified atom stereocenters. The quantitative estimate of drug-likeness (QED) is 0.647. The van der Waals surface area contributed by atoms with Crippen molar-refractivity contribution in [2.45, 2.75) is 25.6 Å². The van der Waals surface area contributed by atoms with Crippen LogP contribution < -0.4 is 0 Å². The van der Waals surface area contributed by atoms with Gasteiger partial charge in [-0.3, -0.25) is 0 Å². The highest BCUT2D eigenvalue weighted by Crippen LogP contribution is 2.32. The van der Waals surface area contributed by atoms with Gasteiger partial charge in [0.25, 0.3) is 0 Å². The molecule has 0 bridgehead atoms. The SMILES string of the molecule is CC1(OCc2ccccc2)C=CC(CBr)=C(CBr)C1. The number of allylic oxidation sites excluding steroid dienone is 2. The molecule has 1 aromatic rings. The van der Waals surface area contributed by atoms with E-state index in [4.69, 9.17) is 4.74 Å². The topological polar surface area (TPSA) is 9.23 Å². The molecule has 0 saturated carbocycles. The number of rotatable bonds is 5. The summed E-state index contributed by atoms with van der Waals surface area (Å²) in [7, 11) is 0. The largest absolute Gasteiger partial charge is 0.366 e. The fraction of sp³-hybridized carbons (Fsp3) is 0.375. The van der Waals surface area contributed by atoms with Gasteiger partial charge in [0.2, 0.25) is 0 Å². The van der Waals surface area contributed by atoms with Crippen molar-refractivity contribution in [3.8, 4) is 0 Å². The lowest BCUT2D eigenvalue weighted by Gasteiger charge is -2.31. The first kappa shape index (κ1) is 15.0. The van der Waals surface area contributed by atoms with E-state index in [1.807, 2.05) is 18.2 Å². The second-order valence-electron chi connectivity index (χ2n) is 4.99. The molecule has 0 spiro atoms. The maximum absolute atomic E-state index is 6.12. The number of hydrogen-bond acceptors (Lipinski definition) is 1. The summed E-state index contributed by atoms with van der Waals surface area (Å²) in [5.41, 5.74) is 3.78. The molecular formula is C16H18Br2O. The lowest BCUT2D eigenvalue weighted by Crippen LogP contribution is -2.29. The second-order valence-corrected chi connectivity index (χ2v) is 6.11. The summed E-state index contributed by atoms with van der Waals surface area (Å²) in [5.74, 6) is 0. The third-order valence-electron chi connectivity index (χ3n) is 3.37. The predicted octanol–water partition coefficient (Wildman–Crippen LogP) is 5.01. The predicted molar refractivity (Wildman–Crippen MR) is 88.0 cm³/mol. The van der Waals surface area contributed by atoms with Crippen LogP contribution in [0.5, 0.6) is 0 Å². The van der Waals surface area contributed by atoms with E-state index in [0.717, 1.165) is 17.1 Å². The molecule has 0 amide bonds. The normalized spacial score (nSPS) is 22.9. The fourth-order valence-corrected chi connectivity index (χ4v) is 3.33. The molecule has 102 valence electrons. The zero-order chi connectivity index (χ0) is 13.7. The van der Waals surface area contributed by atoms with Gasteiger partial charge in [-0.1, -0.05) is 79.9 Å². The third-order valence-corrected chi connectivity index (χ3v) is 4.65. The number of benzene rings is 1. The van der Waals surface area contributed by atoms with Crippen LogP contribution in [0.2, 0.25) is 0 Å². The molecule has 0 radical (unpaired) electrons. The number of halogens is 2. The first-order chi connectivity index (χ1) is 9.17. The van der Waals surface area contributed by atoms with Crippen molar-refractivity contribution >= 4 is 31.9 Å². The second kappa shape index (κ2) is 6.87. The highest BCUT2D eigenvalue weighted by molar-refractivity contribution is 9.09. The summed E-state index contributed by atoms with van der Waals surface area (Å²) in [5, 5.41) is 1.81. The van der Waals surface area contributed by atoms with E-state index >= 15 is 0 Å². The highest BCUT2D eigenvalue weighted by atomic mass is 79.9. The minimum atomic E-state index is -0.204. The number of alkyl halides is 2. The Balaban J connectivity index is 2.02. The van der Waals surface area contributed by atoms with Crippen LogP contribution in [-0.4, -0.2) is 16.3 Å². The number of ether oxygens (including phenoxy) is 1. The Kier molecular flexibility index (Phi) is 5.43. The zero-order valence-corrected chi connectivity index (χ0v) is 14.2. The Labute approximate surface area is 132 Å². The van der Waals surface area contributed by atoms with Crippen LogP contribution in [0.15, 0.2) is 53.6 Å². The number of hydrogen-bond donors (Lipinski definition) is 0. The minimum absolute atomic E-state index is 0.204. The molecule has 1 aliphatic rings. The molecule has 2 rings (SSSR count). The summed E-state index contributed by atoms with van der Waals surface area (Å²) in [6, 6.07) is 10.3.